The van der Waals surface area contributed by atoms with Gasteiger partial charge in [-0.2, -0.15) is 0 Å². The van der Waals surface area contributed by atoms with Gasteiger partial charge in [-0.3, -0.25) is 4.79 Å². The van der Waals surface area contributed by atoms with Crippen LogP contribution in [0.2, 0.25) is 0 Å². The van der Waals surface area contributed by atoms with E-state index in [0.29, 0.717) is 23.7 Å². The van der Waals surface area contributed by atoms with Crippen molar-refractivity contribution in [2.45, 2.75) is 33.1 Å². The predicted molar refractivity (Wildman–Crippen MR) is 68.3 cm³/mol. The van der Waals surface area contributed by atoms with Gasteiger partial charge in [-0.25, -0.2) is 0 Å². The fraction of sp³-hybridized carbons (Fsp3) is 0.500. The van der Waals surface area contributed by atoms with E-state index in [4.69, 9.17) is 9.47 Å². The second kappa shape index (κ2) is 5.71. The van der Waals surface area contributed by atoms with Crippen LogP contribution in [0, 0.1) is 0 Å². The van der Waals surface area contributed by atoms with Crippen LogP contribution in [0.1, 0.15) is 49.0 Å². The molecule has 0 radical (unpaired) electrons. The maximum Gasteiger partial charge on any atom is 0.166 e. The molecule has 0 saturated carbocycles. The second-order valence-electron chi connectivity index (χ2n) is 4.23. The topological polar surface area (TPSA) is 35.5 Å². The highest BCUT2D eigenvalue weighted by Gasteiger charge is 2.17. The minimum atomic E-state index is 0.0893. The molecule has 0 fully saturated rings. The molecule has 3 heteroatoms. The van der Waals surface area contributed by atoms with Gasteiger partial charge in [-0.05, 0) is 17.5 Å². The molecule has 1 rings (SSSR count). The van der Waals surface area contributed by atoms with Crippen molar-refractivity contribution < 1.29 is 14.3 Å². The minimum Gasteiger partial charge on any atom is -0.496 e. The summed E-state index contributed by atoms with van der Waals surface area (Å²) in [5, 5.41) is 0. The van der Waals surface area contributed by atoms with Gasteiger partial charge in [0.15, 0.2) is 5.78 Å². The summed E-state index contributed by atoms with van der Waals surface area (Å²) in [6, 6.07) is 3.67. The highest BCUT2D eigenvalue weighted by atomic mass is 16.5. The van der Waals surface area contributed by atoms with Crippen LogP contribution < -0.4 is 9.47 Å². The van der Waals surface area contributed by atoms with Crippen LogP contribution in [0.15, 0.2) is 12.1 Å². The Labute approximate surface area is 103 Å². The third-order valence-corrected chi connectivity index (χ3v) is 2.80. The van der Waals surface area contributed by atoms with Crippen molar-refractivity contribution in [3.63, 3.8) is 0 Å². The van der Waals surface area contributed by atoms with Gasteiger partial charge in [0.05, 0.1) is 19.8 Å². The molecule has 3 nitrogen and oxygen atoms in total. The number of rotatable bonds is 5. The molecule has 0 aliphatic rings. The number of hydrogen-bond acceptors (Lipinski definition) is 3. The highest BCUT2D eigenvalue weighted by Crippen LogP contribution is 2.34. The summed E-state index contributed by atoms with van der Waals surface area (Å²) in [4.78, 5) is 11.8. The quantitative estimate of drug-likeness (QED) is 0.735. The van der Waals surface area contributed by atoms with Gasteiger partial charge in [0.2, 0.25) is 0 Å². The third kappa shape index (κ3) is 2.78. The Kier molecular flexibility index (Phi) is 4.55. The Balaban J connectivity index is 3.39. The maximum absolute atomic E-state index is 11.8. The van der Waals surface area contributed by atoms with Crippen LogP contribution in [0.5, 0.6) is 11.5 Å². The van der Waals surface area contributed by atoms with Crippen LogP contribution in [-0.4, -0.2) is 20.0 Å². The van der Waals surface area contributed by atoms with Crippen molar-refractivity contribution in [1.29, 1.82) is 0 Å². The number of carbonyl (C=O) groups is 1. The monoisotopic (exact) mass is 236 g/mol. The molecule has 94 valence electrons. The maximum atomic E-state index is 11.8. The van der Waals surface area contributed by atoms with Gasteiger partial charge >= 0.3 is 0 Å². The standard InChI is InChI=1S/C14H20O3/c1-6-12(15)11-7-10(9(2)3)13(16-4)8-14(11)17-5/h7-9H,6H2,1-5H3. The van der Waals surface area contributed by atoms with Crippen molar-refractivity contribution in [3.05, 3.63) is 23.3 Å². The van der Waals surface area contributed by atoms with Gasteiger partial charge in [-0.1, -0.05) is 20.8 Å². The number of methoxy groups -OCH3 is 2. The van der Waals surface area contributed by atoms with Crippen molar-refractivity contribution >= 4 is 5.78 Å². The summed E-state index contributed by atoms with van der Waals surface area (Å²) in [5.41, 5.74) is 1.67. The molecule has 0 aliphatic heterocycles. The molecule has 0 aliphatic carbocycles. The first-order valence-corrected chi connectivity index (χ1v) is 5.84. The highest BCUT2D eigenvalue weighted by molar-refractivity contribution is 5.99. The molecular formula is C14H20O3. The molecule has 0 amide bonds. The van der Waals surface area contributed by atoms with E-state index in [1.807, 2.05) is 13.0 Å². The summed E-state index contributed by atoms with van der Waals surface area (Å²) in [6.07, 6.45) is 0.472. The van der Waals surface area contributed by atoms with Crippen LogP contribution in [0.25, 0.3) is 0 Å². The molecule has 17 heavy (non-hydrogen) atoms. The van der Waals surface area contributed by atoms with Gasteiger partial charge in [0, 0.05) is 12.5 Å². The SMILES string of the molecule is CCC(=O)c1cc(C(C)C)c(OC)cc1OC. The van der Waals surface area contributed by atoms with Gasteiger partial charge in [-0.15, -0.1) is 0 Å². The lowest BCUT2D eigenvalue weighted by Gasteiger charge is -2.16. The van der Waals surface area contributed by atoms with Crippen LogP contribution in [-0.2, 0) is 0 Å². The molecular weight excluding hydrogens is 216 g/mol. The van der Waals surface area contributed by atoms with E-state index < -0.39 is 0 Å². The number of carbonyl (C=O) groups excluding carboxylic acids is 1. The van der Waals surface area contributed by atoms with Gasteiger partial charge in [0.1, 0.15) is 11.5 Å². The normalized spacial score (nSPS) is 10.5. The molecule has 1 aromatic carbocycles. The molecule has 0 bridgehead atoms. The first-order chi connectivity index (χ1) is 8.04. The smallest absolute Gasteiger partial charge is 0.166 e. The van der Waals surface area contributed by atoms with Crippen molar-refractivity contribution in [2.75, 3.05) is 14.2 Å². The zero-order chi connectivity index (χ0) is 13.0. The lowest BCUT2D eigenvalue weighted by Crippen LogP contribution is -2.04. The van der Waals surface area contributed by atoms with Crippen molar-refractivity contribution in [2.24, 2.45) is 0 Å². The lowest BCUT2D eigenvalue weighted by atomic mass is 9.96. The zero-order valence-corrected chi connectivity index (χ0v) is 11.2. The summed E-state index contributed by atoms with van der Waals surface area (Å²) in [7, 11) is 3.19. The number of benzene rings is 1. The largest absolute Gasteiger partial charge is 0.496 e. The second-order valence-corrected chi connectivity index (χ2v) is 4.23. The lowest BCUT2D eigenvalue weighted by molar-refractivity contribution is 0.0985. The van der Waals surface area contributed by atoms with Gasteiger partial charge < -0.3 is 9.47 Å². The van der Waals surface area contributed by atoms with E-state index in [-0.39, 0.29) is 5.78 Å². The third-order valence-electron chi connectivity index (χ3n) is 2.80. The van der Waals surface area contributed by atoms with E-state index in [0.717, 1.165) is 11.3 Å². The predicted octanol–water partition coefficient (Wildman–Crippen LogP) is 3.42. The summed E-state index contributed by atoms with van der Waals surface area (Å²) in [5.74, 6) is 1.74. The first kappa shape index (κ1) is 13.6. The Hall–Kier alpha value is -1.51. The van der Waals surface area contributed by atoms with E-state index >= 15 is 0 Å². The molecule has 1 aromatic rings. The number of ketones is 1. The van der Waals surface area contributed by atoms with Gasteiger partial charge in [0.25, 0.3) is 0 Å². The van der Waals surface area contributed by atoms with E-state index in [1.165, 1.54) is 0 Å². The Morgan fingerprint density at radius 2 is 1.76 bits per heavy atom. The molecule has 0 spiro atoms. The van der Waals surface area contributed by atoms with Crippen LogP contribution in [0.4, 0.5) is 0 Å². The number of hydrogen-bond donors (Lipinski definition) is 0. The molecule has 0 N–H and O–H groups in total. The minimum absolute atomic E-state index is 0.0893. The van der Waals surface area contributed by atoms with E-state index in [9.17, 15) is 4.79 Å². The molecule has 0 atom stereocenters. The number of ether oxygens (including phenoxy) is 2. The fourth-order valence-corrected chi connectivity index (χ4v) is 1.78. The Morgan fingerprint density at radius 1 is 1.18 bits per heavy atom. The Morgan fingerprint density at radius 3 is 2.18 bits per heavy atom. The fourth-order valence-electron chi connectivity index (χ4n) is 1.78. The molecule has 0 aromatic heterocycles. The van der Waals surface area contributed by atoms with Crippen LogP contribution in [0.3, 0.4) is 0 Å². The van der Waals surface area contributed by atoms with Crippen molar-refractivity contribution in [3.8, 4) is 11.5 Å². The molecule has 0 saturated heterocycles. The Bertz CT molecular complexity index is 408. The molecule has 0 heterocycles. The molecule has 0 unspecified atom stereocenters. The first-order valence-electron chi connectivity index (χ1n) is 5.84. The van der Waals surface area contributed by atoms with Crippen LogP contribution >= 0.6 is 0 Å². The summed E-state index contributed by atoms with van der Waals surface area (Å²) in [6.45, 7) is 6.00. The summed E-state index contributed by atoms with van der Waals surface area (Å²) >= 11 is 0. The van der Waals surface area contributed by atoms with E-state index in [2.05, 4.69) is 13.8 Å². The summed E-state index contributed by atoms with van der Waals surface area (Å²) < 4.78 is 10.6. The zero-order valence-electron chi connectivity index (χ0n) is 11.2. The van der Waals surface area contributed by atoms with E-state index in [1.54, 1.807) is 20.3 Å². The average Bonchev–Trinajstić information content (AvgIpc) is 2.35. The van der Waals surface area contributed by atoms with Crippen molar-refractivity contribution in [1.82, 2.24) is 0 Å². The number of Topliss-reactive ketones (excluding diaryl/α,β-unsaturated/α-hetero) is 1. The average molecular weight is 236 g/mol.